The van der Waals surface area contributed by atoms with E-state index in [1.54, 1.807) is 18.2 Å². The molecule has 1 amide bonds. The first-order valence-corrected chi connectivity index (χ1v) is 6.22. The van der Waals surface area contributed by atoms with Crippen molar-refractivity contribution >= 4 is 11.6 Å². The minimum Gasteiger partial charge on any atom is -0.494 e. The van der Waals surface area contributed by atoms with Gasteiger partial charge in [0, 0.05) is 17.3 Å². The molecule has 1 N–H and O–H groups in total. The molecule has 0 saturated carbocycles. The maximum Gasteiger partial charge on any atom is 0.255 e. The lowest BCUT2D eigenvalue weighted by molar-refractivity contribution is 0.102. The molecule has 3 rings (SSSR count). The van der Waals surface area contributed by atoms with Crippen molar-refractivity contribution in [2.24, 2.45) is 0 Å². The summed E-state index contributed by atoms with van der Waals surface area (Å²) in [6.07, 6.45) is 0. The third kappa shape index (κ3) is 2.60. The van der Waals surface area contributed by atoms with Gasteiger partial charge in [0.15, 0.2) is 23.1 Å². The molecule has 21 heavy (non-hydrogen) atoms. The minimum atomic E-state index is -0.587. The Morgan fingerprint density at radius 2 is 2.00 bits per heavy atom. The lowest BCUT2D eigenvalue weighted by Gasteiger charge is -2.07. The number of carbonyl (C=O) groups excluding carboxylic acids is 1. The Labute approximate surface area is 120 Å². The van der Waals surface area contributed by atoms with Crippen LogP contribution in [0.5, 0.6) is 17.2 Å². The van der Waals surface area contributed by atoms with Gasteiger partial charge in [-0.1, -0.05) is 0 Å². The van der Waals surface area contributed by atoms with Gasteiger partial charge in [-0.15, -0.1) is 0 Å². The van der Waals surface area contributed by atoms with Crippen LogP contribution in [0.2, 0.25) is 0 Å². The topological polar surface area (TPSA) is 56.8 Å². The second-order valence-corrected chi connectivity index (χ2v) is 4.37. The molecule has 5 nitrogen and oxygen atoms in total. The van der Waals surface area contributed by atoms with Crippen LogP contribution in [0.15, 0.2) is 36.4 Å². The van der Waals surface area contributed by atoms with Crippen molar-refractivity contribution in [2.45, 2.75) is 0 Å². The Balaban J connectivity index is 1.78. The molecular formula is C15H12FNO4. The van der Waals surface area contributed by atoms with Gasteiger partial charge in [0.1, 0.15) is 0 Å². The number of halogens is 1. The van der Waals surface area contributed by atoms with Crippen molar-refractivity contribution in [1.82, 2.24) is 0 Å². The van der Waals surface area contributed by atoms with E-state index in [9.17, 15) is 9.18 Å². The fourth-order valence-corrected chi connectivity index (χ4v) is 1.99. The monoisotopic (exact) mass is 289 g/mol. The Kier molecular flexibility index (Phi) is 3.35. The number of anilines is 1. The van der Waals surface area contributed by atoms with E-state index in [2.05, 4.69) is 5.32 Å². The molecule has 1 heterocycles. The molecule has 2 aromatic carbocycles. The molecule has 0 aromatic heterocycles. The van der Waals surface area contributed by atoms with E-state index < -0.39 is 11.7 Å². The summed E-state index contributed by atoms with van der Waals surface area (Å²) in [6, 6.07) is 9.06. The molecule has 108 valence electrons. The van der Waals surface area contributed by atoms with Gasteiger partial charge in [0.2, 0.25) is 6.79 Å². The SMILES string of the molecule is COc1ccc(C(=O)Nc2ccc3c(c2)OCO3)cc1F. The maximum atomic E-state index is 13.6. The van der Waals surface area contributed by atoms with E-state index in [-0.39, 0.29) is 18.1 Å². The molecule has 1 aliphatic heterocycles. The van der Waals surface area contributed by atoms with Crippen LogP contribution >= 0.6 is 0 Å². The van der Waals surface area contributed by atoms with E-state index in [0.29, 0.717) is 17.2 Å². The summed E-state index contributed by atoms with van der Waals surface area (Å²) < 4.78 is 28.8. The number of benzene rings is 2. The van der Waals surface area contributed by atoms with Gasteiger partial charge in [0.25, 0.3) is 5.91 Å². The summed E-state index contributed by atoms with van der Waals surface area (Å²) in [4.78, 5) is 12.1. The van der Waals surface area contributed by atoms with E-state index in [0.717, 1.165) is 6.07 Å². The highest BCUT2D eigenvalue weighted by molar-refractivity contribution is 6.04. The van der Waals surface area contributed by atoms with E-state index in [1.165, 1.54) is 19.2 Å². The van der Waals surface area contributed by atoms with Gasteiger partial charge in [-0.05, 0) is 30.3 Å². The number of fused-ring (bicyclic) bond motifs is 1. The number of nitrogens with one attached hydrogen (secondary N) is 1. The molecule has 2 aromatic rings. The second kappa shape index (κ2) is 5.32. The van der Waals surface area contributed by atoms with Crippen LogP contribution in [0, 0.1) is 5.82 Å². The van der Waals surface area contributed by atoms with Crippen molar-refractivity contribution in [2.75, 3.05) is 19.2 Å². The van der Waals surface area contributed by atoms with Gasteiger partial charge in [-0.3, -0.25) is 4.79 Å². The molecule has 0 saturated heterocycles. The summed E-state index contributed by atoms with van der Waals surface area (Å²) in [5.41, 5.74) is 0.742. The van der Waals surface area contributed by atoms with Crippen LogP contribution < -0.4 is 19.5 Å². The number of ether oxygens (including phenoxy) is 3. The average molecular weight is 289 g/mol. The first-order chi connectivity index (χ1) is 10.2. The van der Waals surface area contributed by atoms with Crippen LogP contribution in [-0.4, -0.2) is 19.8 Å². The average Bonchev–Trinajstić information content (AvgIpc) is 2.94. The lowest BCUT2D eigenvalue weighted by Crippen LogP contribution is -2.12. The molecule has 0 spiro atoms. The predicted molar refractivity (Wildman–Crippen MR) is 73.5 cm³/mol. The zero-order chi connectivity index (χ0) is 14.8. The summed E-state index contributed by atoms with van der Waals surface area (Å²) >= 11 is 0. The summed E-state index contributed by atoms with van der Waals surface area (Å²) in [5, 5.41) is 2.67. The minimum absolute atomic E-state index is 0.0922. The van der Waals surface area contributed by atoms with Crippen molar-refractivity contribution in [3.05, 3.63) is 47.8 Å². The molecule has 0 radical (unpaired) electrons. The standard InChI is InChI=1S/C15H12FNO4/c1-19-12-4-2-9(6-11(12)16)15(18)17-10-3-5-13-14(7-10)21-8-20-13/h2-7H,8H2,1H3,(H,17,18). The van der Waals surface area contributed by atoms with Gasteiger partial charge in [-0.25, -0.2) is 4.39 Å². The molecular weight excluding hydrogens is 277 g/mol. The maximum absolute atomic E-state index is 13.6. The zero-order valence-corrected chi connectivity index (χ0v) is 11.2. The normalized spacial score (nSPS) is 12.1. The van der Waals surface area contributed by atoms with Gasteiger partial charge in [-0.2, -0.15) is 0 Å². The smallest absolute Gasteiger partial charge is 0.255 e. The highest BCUT2D eigenvalue weighted by Gasteiger charge is 2.15. The van der Waals surface area contributed by atoms with Crippen molar-refractivity contribution < 1.29 is 23.4 Å². The number of hydrogen-bond donors (Lipinski definition) is 1. The fourth-order valence-electron chi connectivity index (χ4n) is 1.99. The largest absolute Gasteiger partial charge is 0.494 e. The zero-order valence-electron chi connectivity index (χ0n) is 11.2. The first kappa shape index (κ1) is 13.2. The van der Waals surface area contributed by atoms with Crippen LogP contribution in [0.4, 0.5) is 10.1 Å². The Bertz CT molecular complexity index is 702. The van der Waals surface area contributed by atoms with Crippen LogP contribution in [0.1, 0.15) is 10.4 Å². The number of rotatable bonds is 3. The van der Waals surface area contributed by atoms with Crippen molar-refractivity contribution in [3.8, 4) is 17.2 Å². The Hall–Kier alpha value is -2.76. The van der Waals surface area contributed by atoms with Crippen LogP contribution in [0.25, 0.3) is 0 Å². The van der Waals surface area contributed by atoms with E-state index >= 15 is 0 Å². The summed E-state index contributed by atoms with van der Waals surface area (Å²) in [5.74, 6) is 0.276. The first-order valence-electron chi connectivity index (χ1n) is 6.22. The highest BCUT2D eigenvalue weighted by atomic mass is 19.1. The summed E-state index contributed by atoms with van der Waals surface area (Å²) in [7, 11) is 1.37. The number of carbonyl (C=O) groups is 1. The number of methoxy groups -OCH3 is 1. The van der Waals surface area contributed by atoms with Gasteiger partial charge < -0.3 is 19.5 Å². The molecule has 0 fully saturated rings. The highest BCUT2D eigenvalue weighted by Crippen LogP contribution is 2.34. The third-order valence-corrected chi connectivity index (χ3v) is 3.04. The van der Waals surface area contributed by atoms with Crippen molar-refractivity contribution in [3.63, 3.8) is 0 Å². The van der Waals surface area contributed by atoms with Crippen LogP contribution in [0.3, 0.4) is 0 Å². The molecule has 1 aliphatic rings. The van der Waals surface area contributed by atoms with Crippen molar-refractivity contribution in [1.29, 1.82) is 0 Å². The quantitative estimate of drug-likeness (QED) is 0.944. The van der Waals surface area contributed by atoms with Crippen LogP contribution in [-0.2, 0) is 0 Å². The second-order valence-electron chi connectivity index (χ2n) is 4.37. The molecule has 0 bridgehead atoms. The van der Waals surface area contributed by atoms with E-state index in [4.69, 9.17) is 14.2 Å². The fraction of sp³-hybridized carbons (Fsp3) is 0.133. The number of amides is 1. The molecule has 0 atom stereocenters. The summed E-state index contributed by atoms with van der Waals surface area (Å²) in [6.45, 7) is 0.163. The van der Waals surface area contributed by atoms with Gasteiger partial charge in [0.05, 0.1) is 7.11 Å². The molecule has 0 unspecified atom stereocenters. The third-order valence-electron chi connectivity index (χ3n) is 3.04. The lowest BCUT2D eigenvalue weighted by atomic mass is 10.2. The van der Waals surface area contributed by atoms with Gasteiger partial charge >= 0.3 is 0 Å². The number of hydrogen-bond acceptors (Lipinski definition) is 4. The Morgan fingerprint density at radius 1 is 1.19 bits per heavy atom. The molecule has 0 aliphatic carbocycles. The Morgan fingerprint density at radius 3 is 2.76 bits per heavy atom. The molecule has 6 heteroatoms. The predicted octanol–water partition coefficient (Wildman–Crippen LogP) is 2.82. The van der Waals surface area contributed by atoms with E-state index in [1.807, 2.05) is 0 Å².